The molecule has 0 unspecified atom stereocenters. The zero-order valence-corrected chi connectivity index (χ0v) is 12.4. The van der Waals surface area contributed by atoms with Crippen LogP contribution >= 0.6 is 27.5 Å². The van der Waals surface area contributed by atoms with E-state index in [1.807, 2.05) is 18.2 Å². The molecule has 1 heterocycles. The Morgan fingerprint density at radius 3 is 2.45 bits per heavy atom. The number of alkyl halides is 1. The lowest BCUT2D eigenvalue weighted by molar-refractivity contribution is 0.581. The van der Waals surface area contributed by atoms with Crippen LogP contribution in [-0.2, 0) is 5.88 Å². The van der Waals surface area contributed by atoms with Gasteiger partial charge < -0.3 is 0 Å². The summed E-state index contributed by atoms with van der Waals surface area (Å²) in [4.78, 5) is 4.37. The van der Waals surface area contributed by atoms with E-state index in [-0.39, 0.29) is 5.88 Å². The molecule has 0 spiro atoms. The van der Waals surface area contributed by atoms with Crippen molar-refractivity contribution in [3.8, 4) is 5.69 Å². The van der Waals surface area contributed by atoms with Gasteiger partial charge in [0.1, 0.15) is 17.5 Å². The number of nitrogens with zero attached hydrogens (tertiary/aromatic N) is 2. The highest BCUT2D eigenvalue weighted by atomic mass is 79.9. The summed E-state index contributed by atoms with van der Waals surface area (Å²) in [6.07, 6.45) is 0. The average Bonchev–Trinajstić information content (AvgIpc) is 2.75. The Morgan fingerprint density at radius 1 is 1.10 bits per heavy atom. The van der Waals surface area contributed by atoms with E-state index < -0.39 is 11.6 Å². The van der Waals surface area contributed by atoms with E-state index in [4.69, 9.17) is 11.6 Å². The standard InChI is InChI=1S/C14H8BrClF2N2/c15-8-1-2-12-13(3-8)20(14(7-16)19-12)11-5-9(17)4-10(18)6-11/h1-6H,7H2. The van der Waals surface area contributed by atoms with Gasteiger partial charge in [0, 0.05) is 10.5 Å². The van der Waals surface area contributed by atoms with Crippen LogP contribution in [-0.4, -0.2) is 9.55 Å². The van der Waals surface area contributed by atoms with Crippen LogP contribution in [0.3, 0.4) is 0 Å². The van der Waals surface area contributed by atoms with Crippen LogP contribution in [0.2, 0.25) is 0 Å². The van der Waals surface area contributed by atoms with Crippen molar-refractivity contribution in [3.63, 3.8) is 0 Å². The molecule has 3 aromatic rings. The summed E-state index contributed by atoms with van der Waals surface area (Å²) in [5.41, 5.74) is 1.81. The molecule has 6 heteroatoms. The number of hydrogen-bond acceptors (Lipinski definition) is 1. The molecule has 1 aromatic heterocycles. The number of aromatic nitrogens is 2. The third-order valence-corrected chi connectivity index (χ3v) is 3.64. The molecule has 0 saturated heterocycles. The highest BCUT2D eigenvalue weighted by Crippen LogP contribution is 2.26. The van der Waals surface area contributed by atoms with Crippen molar-refractivity contribution in [1.29, 1.82) is 0 Å². The molecule has 0 aliphatic rings. The van der Waals surface area contributed by atoms with Crippen molar-refractivity contribution in [1.82, 2.24) is 9.55 Å². The fraction of sp³-hybridized carbons (Fsp3) is 0.0714. The minimum absolute atomic E-state index is 0.143. The summed E-state index contributed by atoms with van der Waals surface area (Å²) < 4.78 is 29.3. The minimum atomic E-state index is -0.641. The van der Waals surface area contributed by atoms with E-state index in [9.17, 15) is 8.78 Å². The van der Waals surface area contributed by atoms with Crippen molar-refractivity contribution < 1.29 is 8.78 Å². The summed E-state index contributed by atoms with van der Waals surface area (Å²) in [7, 11) is 0. The highest BCUT2D eigenvalue weighted by Gasteiger charge is 2.13. The van der Waals surface area contributed by atoms with Crippen LogP contribution in [0.25, 0.3) is 16.7 Å². The minimum Gasteiger partial charge on any atom is -0.295 e. The first-order chi connectivity index (χ1) is 9.58. The number of imidazole rings is 1. The Morgan fingerprint density at radius 2 is 1.80 bits per heavy atom. The summed E-state index contributed by atoms with van der Waals surface area (Å²) in [6.45, 7) is 0. The van der Waals surface area contributed by atoms with Crippen LogP contribution < -0.4 is 0 Å². The van der Waals surface area contributed by atoms with Crippen LogP contribution in [0, 0.1) is 11.6 Å². The molecule has 0 atom stereocenters. The molecule has 2 aromatic carbocycles. The Kier molecular flexibility index (Phi) is 3.48. The molecule has 0 N–H and O–H groups in total. The average molecular weight is 358 g/mol. The summed E-state index contributed by atoms with van der Waals surface area (Å²) in [5, 5.41) is 0. The lowest BCUT2D eigenvalue weighted by Gasteiger charge is -2.08. The smallest absolute Gasteiger partial charge is 0.129 e. The normalized spacial score (nSPS) is 11.2. The van der Waals surface area contributed by atoms with Crippen LogP contribution in [0.4, 0.5) is 8.78 Å². The zero-order valence-electron chi connectivity index (χ0n) is 10.1. The molecule has 0 bridgehead atoms. The molecule has 20 heavy (non-hydrogen) atoms. The van der Waals surface area contributed by atoms with Gasteiger partial charge in [0.05, 0.1) is 22.6 Å². The first-order valence-corrected chi connectivity index (χ1v) is 7.10. The summed E-state index contributed by atoms with van der Waals surface area (Å²) in [5.74, 6) is -0.607. The molecule has 0 fully saturated rings. The molecule has 3 rings (SSSR count). The third kappa shape index (κ3) is 2.31. The predicted octanol–water partition coefficient (Wildman–Crippen LogP) is 4.81. The predicted molar refractivity (Wildman–Crippen MR) is 78.2 cm³/mol. The summed E-state index contributed by atoms with van der Waals surface area (Å²) in [6, 6.07) is 8.84. The molecule has 0 radical (unpaired) electrons. The molecule has 102 valence electrons. The molecule has 0 saturated carbocycles. The number of halogens is 4. The van der Waals surface area contributed by atoms with E-state index in [2.05, 4.69) is 20.9 Å². The van der Waals surface area contributed by atoms with Crippen LogP contribution in [0.5, 0.6) is 0 Å². The maximum Gasteiger partial charge on any atom is 0.129 e. The second kappa shape index (κ2) is 5.14. The van der Waals surface area contributed by atoms with Gasteiger partial charge in [-0.2, -0.15) is 0 Å². The number of benzene rings is 2. The van der Waals surface area contributed by atoms with Gasteiger partial charge >= 0.3 is 0 Å². The van der Waals surface area contributed by atoms with Crippen molar-refractivity contribution in [2.45, 2.75) is 5.88 Å². The molecule has 2 nitrogen and oxygen atoms in total. The van der Waals surface area contributed by atoms with E-state index in [1.54, 1.807) is 4.57 Å². The first-order valence-electron chi connectivity index (χ1n) is 5.78. The molecular formula is C14H8BrClF2N2. The topological polar surface area (TPSA) is 17.8 Å². The highest BCUT2D eigenvalue weighted by molar-refractivity contribution is 9.10. The van der Waals surface area contributed by atoms with E-state index in [0.29, 0.717) is 17.0 Å². The van der Waals surface area contributed by atoms with Gasteiger partial charge in [0.15, 0.2) is 0 Å². The Hall–Kier alpha value is -1.46. The molecule has 0 amide bonds. The lowest BCUT2D eigenvalue weighted by Crippen LogP contribution is -2.00. The fourth-order valence-electron chi connectivity index (χ4n) is 2.14. The number of fused-ring (bicyclic) bond motifs is 1. The monoisotopic (exact) mass is 356 g/mol. The Labute approximate surface area is 127 Å². The lowest BCUT2D eigenvalue weighted by atomic mass is 10.2. The van der Waals surface area contributed by atoms with Gasteiger partial charge in [-0.3, -0.25) is 4.57 Å². The van der Waals surface area contributed by atoms with Gasteiger partial charge in [-0.25, -0.2) is 13.8 Å². The maximum absolute atomic E-state index is 13.4. The molecular weight excluding hydrogens is 350 g/mol. The quantitative estimate of drug-likeness (QED) is 0.602. The van der Waals surface area contributed by atoms with Crippen molar-refractivity contribution in [2.75, 3.05) is 0 Å². The number of rotatable bonds is 2. The molecule has 0 aliphatic heterocycles. The van der Waals surface area contributed by atoms with Gasteiger partial charge in [0.2, 0.25) is 0 Å². The van der Waals surface area contributed by atoms with Gasteiger partial charge in [0.25, 0.3) is 0 Å². The van der Waals surface area contributed by atoms with E-state index >= 15 is 0 Å². The number of hydrogen-bond donors (Lipinski definition) is 0. The zero-order chi connectivity index (χ0) is 14.3. The van der Waals surface area contributed by atoms with Crippen LogP contribution in [0.1, 0.15) is 5.82 Å². The Balaban J connectivity index is 2.35. The van der Waals surface area contributed by atoms with Crippen LogP contribution in [0.15, 0.2) is 40.9 Å². The fourth-order valence-corrected chi connectivity index (χ4v) is 2.67. The second-order valence-electron chi connectivity index (χ2n) is 4.26. The Bertz CT molecular complexity index is 781. The van der Waals surface area contributed by atoms with Gasteiger partial charge in [-0.1, -0.05) is 15.9 Å². The third-order valence-electron chi connectivity index (χ3n) is 2.91. The second-order valence-corrected chi connectivity index (χ2v) is 5.44. The van der Waals surface area contributed by atoms with Crippen molar-refractivity contribution in [2.24, 2.45) is 0 Å². The first kappa shape index (κ1) is 13.5. The molecule has 0 aliphatic carbocycles. The largest absolute Gasteiger partial charge is 0.295 e. The van der Waals surface area contributed by atoms with Crippen molar-refractivity contribution >= 4 is 38.6 Å². The van der Waals surface area contributed by atoms with E-state index in [1.165, 1.54) is 12.1 Å². The summed E-state index contributed by atoms with van der Waals surface area (Å²) >= 11 is 9.27. The SMILES string of the molecule is Fc1cc(F)cc(-n2c(CCl)nc3ccc(Br)cc32)c1. The maximum atomic E-state index is 13.4. The van der Waals surface area contributed by atoms with Gasteiger partial charge in [-0.15, -0.1) is 11.6 Å². The van der Waals surface area contributed by atoms with Gasteiger partial charge in [-0.05, 0) is 30.3 Å². The van der Waals surface area contributed by atoms with Crippen molar-refractivity contribution in [3.05, 3.63) is 58.3 Å². The van der Waals surface area contributed by atoms with E-state index in [0.717, 1.165) is 16.1 Å².